The minimum absolute atomic E-state index is 0.111. The summed E-state index contributed by atoms with van der Waals surface area (Å²) in [6, 6.07) is 3.94. The van der Waals surface area contributed by atoms with E-state index in [0.29, 0.717) is 44.4 Å². The lowest BCUT2D eigenvalue weighted by Gasteiger charge is -2.25. The van der Waals surface area contributed by atoms with Gasteiger partial charge in [-0.15, -0.1) is 0 Å². The number of hydrogen-bond donors (Lipinski definition) is 1. The summed E-state index contributed by atoms with van der Waals surface area (Å²) in [6.45, 7) is 9.01. The molecule has 3 heterocycles. The van der Waals surface area contributed by atoms with Crippen molar-refractivity contribution in [3.63, 3.8) is 0 Å². The number of hydrogen-bond acceptors (Lipinski definition) is 5. The van der Waals surface area contributed by atoms with Crippen LogP contribution in [-0.4, -0.2) is 52.1 Å². The van der Waals surface area contributed by atoms with Crippen LogP contribution < -0.4 is 5.32 Å². The lowest BCUT2D eigenvalue weighted by molar-refractivity contribution is -0.133. The molecule has 8 heteroatoms. The molecule has 8 nitrogen and oxygen atoms in total. The average molecular weight is 431 g/mol. The van der Waals surface area contributed by atoms with Crippen molar-refractivity contribution in [3.8, 4) is 0 Å². The number of carbonyl (C=O) groups excluding carboxylic acids is 2. The minimum Gasteiger partial charge on any atom is -0.446 e. The summed E-state index contributed by atoms with van der Waals surface area (Å²) in [6.07, 6.45) is 6.86. The van der Waals surface area contributed by atoms with E-state index in [1.165, 1.54) is 6.26 Å². The first-order valence-electron chi connectivity index (χ1n) is 11.2. The van der Waals surface area contributed by atoms with Gasteiger partial charge in [-0.25, -0.2) is 4.98 Å². The largest absolute Gasteiger partial charge is 0.446 e. The number of aromatic nitrogens is 2. The molecule has 0 saturated carbocycles. The number of rotatable bonds is 11. The van der Waals surface area contributed by atoms with E-state index < -0.39 is 0 Å². The Morgan fingerprint density at radius 1 is 1.39 bits per heavy atom. The smallest absolute Gasteiger partial charge is 0.273 e. The van der Waals surface area contributed by atoms with Crippen LogP contribution in [0.25, 0.3) is 0 Å². The van der Waals surface area contributed by atoms with E-state index in [9.17, 15) is 9.59 Å². The van der Waals surface area contributed by atoms with Crippen molar-refractivity contribution in [2.24, 2.45) is 5.92 Å². The van der Waals surface area contributed by atoms with Crippen molar-refractivity contribution in [3.05, 3.63) is 41.9 Å². The number of oxazole rings is 1. The zero-order valence-corrected chi connectivity index (χ0v) is 18.8. The molecule has 0 aromatic carbocycles. The van der Waals surface area contributed by atoms with Gasteiger partial charge in [-0.3, -0.25) is 9.59 Å². The first-order chi connectivity index (χ1) is 15.0. The summed E-state index contributed by atoms with van der Waals surface area (Å²) in [5, 5.41) is 2.87. The lowest BCUT2D eigenvalue weighted by atomic mass is 10.1. The van der Waals surface area contributed by atoms with Gasteiger partial charge in [-0.05, 0) is 37.3 Å². The first kappa shape index (κ1) is 23.1. The van der Waals surface area contributed by atoms with Gasteiger partial charge in [-0.2, -0.15) is 0 Å². The number of ether oxygens (including phenoxy) is 1. The minimum atomic E-state index is -0.223. The Morgan fingerprint density at radius 2 is 2.23 bits per heavy atom. The molecule has 170 valence electrons. The van der Waals surface area contributed by atoms with Gasteiger partial charge >= 0.3 is 0 Å². The van der Waals surface area contributed by atoms with Crippen LogP contribution >= 0.6 is 0 Å². The highest BCUT2D eigenvalue weighted by Gasteiger charge is 2.23. The molecule has 1 saturated heterocycles. The van der Waals surface area contributed by atoms with Gasteiger partial charge in [0.15, 0.2) is 5.69 Å². The van der Waals surface area contributed by atoms with E-state index in [-0.39, 0.29) is 23.6 Å². The molecule has 31 heavy (non-hydrogen) atoms. The maximum atomic E-state index is 12.5. The standard InChI is InChI=1S/C23H34N4O4/c1-4-22(28)27(14-19-8-6-12-30-19)13-18-7-5-11-26(18)15-21-25-20(16-31-21)23(29)24-10-9-17(2)3/h5,7,11,16-17,19H,4,6,8-10,12-15H2,1-3H3,(H,24,29)/t19-/m0/s1. The molecule has 2 aromatic rings. The number of nitrogens with one attached hydrogen (secondary N) is 1. The SMILES string of the molecule is CCC(=O)N(Cc1cccn1Cc1nc(C(=O)NCCC(C)C)co1)C[C@@H]1CCCO1. The van der Waals surface area contributed by atoms with Gasteiger partial charge in [0, 0.05) is 38.0 Å². The second-order valence-corrected chi connectivity index (χ2v) is 8.46. The molecular formula is C23H34N4O4. The monoisotopic (exact) mass is 430 g/mol. The summed E-state index contributed by atoms with van der Waals surface area (Å²) in [7, 11) is 0. The third-order valence-electron chi connectivity index (χ3n) is 5.48. The van der Waals surface area contributed by atoms with Gasteiger partial charge in [0.05, 0.1) is 19.2 Å². The molecule has 0 bridgehead atoms. The normalized spacial score (nSPS) is 16.1. The number of carbonyl (C=O) groups is 2. The summed E-state index contributed by atoms with van der Waals surface area (Å²) in [4.78, 5) is 30.9. The fourth-order valence-electron chi connectivity index (χ4n) is 3.65. The Labute approximate surface area is 184 Å². The highest BCUT2D eigenvalue weighted by atomic mass is 16.5. The van der Waals surface area contributed by atoms with E-state index >= 15 is 0 Å². The van der Waals surface area contributed by atoms with Crippen molar-refractivity contribution in [2.45, 2.75) is 65.6 Å². The van der Waals surface area contributed by atoms with Gasteiger partial charge in [0.25, 0.3) is 5.91 Å². The Balaban J connectivity index is 1.61. The lowest BCUT2D eigenvalue weighted by Crippen LogP contribution is -2.37. The maximum absolute atomic E-state index is 12.5. The van der Waals surface area contributed by atoms with E-state index in [0.717, 1.165) is 31.6 Å². The predicted molar refractivity (Wildman–Crippen MR) is 117 cm³/mol. The quantitative estimate of drug-likeness (QED) is 0.591. The van der Waals surface area contributed by atoms with Crippen LogP contribution in [0.3, 0.4) is 0 Å². The zero-order chi connectivity index (χ0) is 22.2. The molecule has 1 atom stereocenters. The third-order valence-corrected chi connectivity index (χ3v) is 5.48. The molecule has 0 unspecified atom stereocenters. The van der Waals surface area contributed by atoms with Crippen LogP contribution in [0.2, 0.25) is 0 Å². The fourth-order valence-corrected chi connectivity index (χ4v) is 3.65. The average Bonchev–Trinajstić information content (AvgIpc) is 3.50. The molecule has 1 aliphatic rings. The van der Waals surface area contributed by atoms with Crippen molar-refractivity contribution >= 4 is 11.8 Å². The summed E-state index contributed by atoms with van der Waals surface area (Å²) in [5.41, 5.74) is 1.27. The Hall–Kier alpha value is -2.61. The van der Waals surface area contributed by atoms with Crippen LogP contribution in [0, 0.1) is 5.92 Å². The van der Waals surface area contributed by atoms with Crippen LogP contribution in [-0.2, 0) is 22.6 Å². The molecule has 0 radical (unpaired) electrons. The van der Waals surface area contributed by atoms with E-state index in [2.05, 4.69) is 24.1 Å². The second kappa shape index (κ2) is 11.1. The maximum Gasteiger partial charge on any atom is 0.273 e. The summed E-state index contributed by atoms with van der Waals surface area (Å²) in [5.74, 6) is 0.873. The molecule has 1 aliphatic heterocycles. The van der Waals surface area contributed by atoms with Crippen molar-refractivity contribution in [1.82, 2.24) is 19.8 Å². The van der Waals surface area contributed by atoms with Gasteiger partial charge in [0.2, 0.25) is 11.8 Å². The zero-order valence-electron chi connectivity index (χ0n) is 18.8. The molecule has 1 fully saturated rings. The van der Waals surface area contributed by atoms with Crippen molar-refractivity contribution < 1.29 is 18.7 Å². The van der Waals surface area contributed by atoms with Crippen LogP contribution in [0.4, 0.5) is 0 Å². The molecule has 2 amide bonds. The molecule has 0 spiro atoms. The van der Waals surface area contributed by atoms with Crippen LogP contribution in [0.1, 0.15) is 68.5 Å². The van der Waals surface area contributed by atoms with Crippen LogP contribution in [0.15, 0.2) is 29.0 Å². The highest BCUT2D eigenvalue weighted by Crippen LogP contribution is 2.17. The van der Waals surface area contributed by atoms with Crippen molar-refractivity contribution in [1.29, 1.82) is 0 Å². The van der Waals surface area contributed by atoms with E-state index in [1.807, 2.05) is 34.7 Å². The Kier molecular flexibility index (Phi) is 8.28. The molecule has 2 aromatic heterocycles. The number of amides is 2. The van der Waals surface area contributed by atoms with Crippen molar-refractivity contribution in [2.75, 3.05) is 19.7 Å². The topological polar surface area (TPSA) is 89.6 Å². The number of nitrogens with zero attached hydrogens (tertiary/aromatic N) is 3. The second-order valence-electron chi connectivity index (χ2n) is 8.46. The first-order valence-corrected chi connectivity index (χ1v) is 11.2. The third kappa shape index (κ3) is 6.69. The van der Waals surface area contributed by atoms with Gasteiger partial charge < -0.3 is 23.9 Å². The molecule has 3 rings (SSSR count). The van der Waals surface area contributed by atoms with Crippen LogP contribution in [0.5, 0.6) is 0 Å². The van der Waals surface area contributed by atoms with Gasteiger partial charge in [0.1, 0.15) is 6.26 Å². The Bertz CT molecular complexity index is 851. The summed E-state index contributed by atoms with van der Waals surface area (Å²) >= 11 is 0. The fraction of sp³-hybridized carbons (Fsp3) is 0.609. The van der Waals surface area contributed by atoms with E-state index in [4.69, 9.17) is 9.15 Å². The molecule has 1 N–H and O–H groups in total. The molecule has 0 aliphatic carbocycles. The molecular weight excluding hydrogens is 396 g/mol. The summed E-state index contributed by atoms with van der Waals surface area (Å²) < 4.78 is 13.3. The van der Waals surface area contributed by atoms with Gasteiger partial charge in [-0.1, -0.05) is 20.8 Å². The predicted octanol–water partition coefficient (Wildman–Crippen LogP) is 3.22. The highest BCUT2D eigenvalue weighted by molar-refractivity contribution is 5.91. The Morgan fingerprint density at radius 3 is 2.94 bits per heavy atom. The van der Waals surface area contributed by atoms with E-state index in [1.54, 1.807) is 0 Å².